The molecular formula is C19H17FN2O6S2. The maximum absolute atomic E-state index is 14.1. The summed E-state index contributed by atoms with van der Waals surface area (Å²) in [5, 5.41) is 2.23. The molecule has 1 aromatic heterocycles. The molecule has 0 saturated carbocycles. The molecule has 1 amide bonds. The smallest absolute Gasteiger partial charge is 0.291 e. The Morgan fingerprint density at radius 1 is 0.933 bits per heavy atom. The van der Waals surface area contributed by atoms with E-state index in [0.29, 0.717) is 0 Å². The van der Waals surface area contributed by atoms with Gasteiger partial charge in [0.25, 0.3) is 26.0 Å². The van der Waals surface area contributed by atoms with Gasteiger partial charge in [-0.05, 0) is 42.5 Å². The Labute approximate surface area is 173 Å². The van der Waals surface area contributed by atoms with Gasteiger partial charge in [-0.1, -0.05) is 26.0 Å². The van der Waals surface area contributed by atoms with Crippen LogP contribution in [0.3, 0.4) is 0 Å². The van der Waals surface area contributed by atoms with E-state index in [1.165, 1.54) is 42.7 Å². The topological polar surface area (TPSA) is 114 Å². The predicted molar refractivity (Wildman–Crippen MR) is 108 cm³/mol. The minimum Gasteiger partial charge on any atom is -0.459 e. The molecule has 8 nitrogen and oxygen atoms in total. The van der Waals surface area contributed by atoms with Gasteiger partial charge in [0.05, 0.1) is 17.6 Å². The van der Waals surface area contributed by atoms with Gasteiger partial charge in [0, 0.05) is 0 Å². The van der Waals surface area contributed by atoms with E-state index in [-0.39, 0.29) is 24.9 Å². The molecule has 0 saturated heterocycles. The lowest BCUT2D eigenvalue weighted by Gasteiger charge is -2.17. The Morgan fingerprint density at radius 2 is 1.53 bits per heavy atom. The third-order valence-corrected chi connectivity index (χ3v) is 8.42. The van der Waals surface area contributed by atoms with Crippen molar-refractivity contribution in [2.75, 3.05) is 9.03 Å². The van der Waals surface area contributed by atoms with E-state index in [1.807, 2.05) is 13.8 Å². The molecule has 0 spiro atoms. The zero-order valence-electron chi connectivity index (χ0n) is 15.9. The molecule has 0 bridgehead atoms. The van der Waals surface area contributed by atoms with Crippen LogP contribution in [0.1, 0.15) is 24.4 Å². The van der Waals surface area contributed by atoms with E-state index >= 15 is 0 Å². The lowest BCUT2D eigenvalue weighted by molar-refractivity contribution is 0.0996. The number of amides is 1. The summed E-state index contributed by atoms with van der Waals surface area (Å²) in [7, 11) is -8.83. The first-order valence-corrected chi connectivity index (χ1v) is 11.6. The van der Waals surface area contributed by atoms with Gasteiger partial charge in [0.15, 0.2) is 5.76 Å². The van der Waals surface area contributed by atoms with Crippen molar-refractivity contribution in [2.45, 2.75) is 23.6 Å². The number of nitrogens with one attached hydrogen (secondary N) is 1. The molecule has 158 valence electrons. The van der Waals surface area contributed by atoms with Crippen LogP contribution in [0.25, 0.3) is 0 Å². The summed E-state index contributed by atoms with van der Waals surface area (Å²) in [5.41, 5.74) is -0.743. The predicted octanol–water partition coefficient (Wildman–Crippen LogP) is 3.59. The van der Waals surface area contributed by atoms with Gasteiger partial charge in [0.2, 0.25) is 0 Å². The van der Waals surface area contributed by atoms with E-state index in [2.05, 4.69) is 5.32 Å². The van der Waals surface area contributed by atoms with E-state index < -0.39 is 37.5 Å². The molecule has 30 heavy (non-hydrogen) atoms. The van der Waals surface area contributed by atoms with Crippen LogP contribution in [-0.4, -0.2) is 22.7 Å². The van der Waals surface area contributed by atoms with Crippen LogP contribution in [-0.2, 0) is 20.0 Å². The molecule has 0 atom stereocenters. The second kappa shape index (κ2) is 7.92. The van der Waals surface area contributed by atoms with E-state index in [4.69, 9.17) is 4.42 Å². The molecular weight excluding hydrogens is 435 g/mol. The Kier molecular flexibility index (Phi) is 5.68. The fourth-order valence-electron chi connectivity index (χ4n) is 2.78. The maximum atomic E-state index is 14.1. The minimum absolute atomic E-state index is 0.0985. The third kappa shape index (κ3) is 3.46. The highest BCUT2D eigenvalue weighted by Gasteiger charge is 2.47. The number of hydrogen-bond donors (Lipinski definition) is 1. The van der Waals surface area contributed by atoms with Crippen LogP contribution < -0.4 is 9.03 Å². The van der Waals surface area contributed by atoms with Crippen LogP contribution in [0.4, 0.5) is 15.8 Å². The molecule has 0 fully saturated rings. The summed E-state index contributed by atoms with van der Waals surface area (Å²) in [6, 6.07) is 10.7. The van der Waals surface area contributed by atoms with Crippen molar-refractivity contribution in [3.8, 4) is 0 Å². The molecule has 2 heterocycles. The van der Waals surface area contributed by atoms with Gasteiger partial charge >= 0.3 is 0 Å². The second-order valence-electron chi connectivity index (χ2n) is 5.75. The summed E-state index contributed by atoms with van der Waals surface area (Å²) in [6.07, 6.45) is 1.25. The quantitative estimate of drug-likeness (QED) is 0.650. The molecule has 4 rings (SSSR count). The Morgan fingerprint density at radius 3 is 2.07 bits per heavy atom. The Bertz CT molecular complexity index is 1250. The zero-order chi connectivity index (χ0) is 22.1. The summed E-state index contributed by atoms with van der Waals surface area (Å²) in [6.45, 7) is 4.00. The highest BCUT2D eigenvalue weighted by Crippen LogP contribution is 2.40. The van der Waals surface area contributed by atoms with Crippen molar-refractivity contribution in [3.63, 3.8) is 0 Å². The maximum Gasteiger partial charge on any atom is 0.291 e. The normalized spacial score (nSPS) is 15.6. The summed E-state index contributed by atoms with van der Waals surface area (Å²) >= 11 is 0. The third-order valence-electron chi connectivity index (χ3n) is 4.00. The van der Waals surface area contributed by atoms with Crippen LogP contribution in [0, 0.1) is 5.82 Å². The molecule has 2 aromatic carbocycles. The Balaban J connectivity index is 0.00000124. The molecule has 1 N–H and O–H groups in total. The van der Waals surface area contributed by atoms with E-state index in [9.17, 15) is 26.0 Å². The standard InChI is InChI=1S/C17H11FN2O6S2.C2H6/c18-12-8-7-11(10-13(12)19-17(21)14-4-3-9-26-14)20-27(22,23)15-5-1-2-6-16(15)28(20,24)25;1-2/h1-10H,(H,19,21);1-2H3. The average Bonchev–Trinajstić information content (AvgIpc) is 3.31. The molecule has 0 unspecified atom stereocenters. The highest BCUT2D eigenvalue weighted by molar-refractivity contribution is 8.12. The molecule has 11 heteroatoms. The average molecular weight is 452 g/mol. The van der Waals surface area contributed by atoms with Gasteiger partial charge in [-0.25, -0.2) is 4.39 Å². The molecule has 3 aromatic rings. The first-order valence-electron chi connectivity index (χ1n) is 8.77. The second-order valence-corrected chi connectivity index (χ2v) is 9.49. The fraction of sp³-hybridized carbons (Fsp3) is 0.105. The van der Waals surface area contributed by atoms with Gasteiger partial charge in [-0.15, -0.1) is 0 Å². The minimum atomic E-state index is -4.42. The number of benzene rings is 2. The first kappa shape index (κ1) is 21.5. The number of anilines is 2. The zero-order valence-corrected chi connectivity index (χ0v) is 17.5. The van der Waals surface area contributed by atoms with Crippen LogP contribution in [0.2, 0.25) is 0 Å². The summed E-state index contributed by atoms with van der Waals surface area (Å²) in [4.78, 5) is 11.3. The molecule has 1 aliphatic heterocycles. The fourth-order valence-corrected chi connectivity index (χ4v) is 7.21. The molecule has 0 aliphatic carbocycles. The number of nitrogens with zero attached hydrogens (tertiary/aromatic N) is 1. The van der Waals surface area contributed by atoms with Crippen molar-refractivity contribution in [1.82, 2.24) is 0 Å². The number of carbonyl (C=O) groups excluding carboxylic acids is 1. The monoisotopic (exact) mass is 452 g/mol. The van der Waals surface area contributed by atoms with Crippen molar-refractivity contribution in [1.29, 1.82) is 0 Å². The molecule has 1 aliphatic rings. The van der Waals surface area contributed by atoms with Crippen molar-refractivity contribution < 1.29 is 30.4 Å². The van der Waals surface area contributed by atoms with Crippen molar-refractivity contribution in [2.24, 2.45) is 0 Å². The van der Waals surface area contributed by atoms with Crippen LogP contribution in [0.15, 0.2) is 75.1 Å². The van der Waals surface area contributed by atoms with E-state index in [1.54, 1.807) is 0 Å². The Hall–Kier alpha value is -3.18. The first-order chi connectivity index (χ1) is 14.2. The number of fused-ring (bicyclic) bond motifs is 1. The number of halogens is 1. The number of rotatable bonds is 3. The number of furan rings is 1. The van der Waals surface area contributed by atoms with Gasteiger partial charge in [-0.2, -0.15) is 20.5 Å². The SMILES string of the molecule is CC.O=C(Nc1cc(N2S(=O)(=O)c3ccccc3S2(=O)=O)ccc1F)c1ccco1. The van der Waals surface area contributed by atoms with E-state index in [0.717, 1.165) is 18.2 Å². The van der Waals surface area contributed by atoms with Crippen molar-refractivity contribution in [3.05, 3.63) is 72.4 Å². The highest BCUT2D eigenvalue weighted by atomic mass is 32.3. The summed E-state index contributed by atoms with van der Waals surface area (Å²) in [5.74, 6) is -1.76. The number of hydrogen-bond acceptors (Lipinski definition) is 6. The van der Waals surface area contributed by atoms with Crippen LogP contribution >= 0.6 is 0 Å². The number of carbonyl (C=O) groups is 1. The largest absolute Gasteiger partial charge is 0.459 e. The van der Waals surface area contributed by atoms with Gasteiger partial charge in [-0.3, -0.25) is 4.79 Å². The van der Waals surface area contributed by atoms with Gasteiger partial charge in [0.1, 0.15) is 15.6 Å². The lowest BCUT2D eigenvalue weighted by Crippen LogP contribution is -2.30. The lowest BCUT2D eigenvalue weighted by atomic mass is 10.2. The number of sulfonamides is 2. The summed E-state index contributed by atoms with van der Waals surface area (Å²) < 4.78 is 70.3. The van der Waals surface area contributed by atoms with Gasteiger partial charge < -0.3 is 9.73 Å². The van der Waals surface area contributed by atoms with Crippen molar-refractivity contribution >= 4 is 37.3 Å². The molecule has 0 radical (unpaired) electrons. The van der Waals surface area contributed by atoms with Crippen LogP contribution in [0.5, 0.6) is 0 Å².